The van der Waals surface area contributed by atoms with Gasteiger partial charge < -0.3 is 10.3 Å². The molecule has 0 bridgehead atoms. The Morgan fingerprint density at radius 2 is 2.25 bits per heavy atom. The molecule has 0 aromatic carbocycles. The summed E-state index contributed by atoms with van der Waals surface area (Å²) in [4.78, 5) is 15.3. The van der Waals surface area contributed by atoms with Crippen LogP contribution in [0.15, 0.2) is 31.1 Å². The first kappa shape index (κ1) is 10.8. The van der Waals surface area contributed by atoms with Crippen LogP contribution >= 0.6 is 0 Å². The summed E-state index contributed by atoms with van der Waals surface area (Å²) < 4.78 is 0. The van der Waals surface area contributed by atoms with Gasteiger partial charge in [-0.25, -0.2) is 4.98 Å². The van der Waals surface area contributed by atoms with Gasteiger partial charge in [0.1, 0.15) is 0 Å². The highest BCUT2D eigenvalue weighted by molar-refractivity contribution is 5.01. The van der Waals surface area contributed by atoms with E-state index in [0.717, 1.165) is 24.4 Å². The minimum atomic E-state index is 0.219. The van der Waals surface area contributed by atoms with Gasteiger partial charge in [-0.3, -0.25) is 9.97 Å². The molecular formula is C11H15N5. The molecule has 2 aromatic rings. The molecule has 2 N–H and O–H groups in total. The van der Waals surface area contributed by atoms with Gasteiger partial charge in [-0.05, 0) is 6.92 Å². The average Bonchev–Trinajstić information content (AvgIpc) is 2.83. The third kappa shape index (κ3) is 2.87. The van der Waals surface area contributed by atoms with E-state index in [0.29, 0.717) is 0 Å². The van der Waals surface area contributed by atoms with Crippen LogP contribution in [0.3, 0.4) is 0 Å². The van der Waals surface area contributed by atoms with Crippen LogP contribution in [-0.2, 0) is 6.42 Å². The number of nitrogens with one attached hydrogen (secondary N) is 2. The van der Waals surface area contributed by atoms with E-state index >= 15 is 0 Å². The van der Waals surface area contributed by atoms with Crippen molar-refractivity contribution in [3.05, 3.63) is 42.5 Å². The van der Waals surface area contributed by atoms with Crippen molar-refractivity contribution < 1.29 is 0 Å². The minimum absolute atomic E-state index is 0.219. The average molecular weight is 217 g/mol. The number of imidazole rings is 1. The van der Waals surface area contributed by atoms with Crippen molar-refractivity contribution in [1.82, 2.24) is 25.3 Å². The number of hydrogen-bond donors (Lipinski definition) is 2. The fourth-order valence-electron chi connectivity index (χ4n) is 1.48. The summed E-state index contributed by atoms with van der Waals surface area (Å²) in [6, 6.07) is 0.219. The summed E-state index contributed by atoms with van der Waals surface area (Å²) >= 11 is 0. The van der Waals surface area contributed by atoms with Gasteiger partial charge in [0.15, 0.2) is 0 Å². The molecule has 0 fully saturated rings. The van der Waals surface area contributed by atoms with Gasteiger partial charge in [0, 0.05) is 49.5 Å². The molecule has 0 aliphatic heterocycles. The molecule has 0 saturated carbocycles. The lowest BCUT2D eigenvalue weighted by Gasteiger charge is -2.11. The monoisotopic (exact) mass is 217 g/mol. The summed E-state index contributed by atoms with van der Waals surface area (Å²) in [6.07, 6.45) is 9.65. The Morgan fingerprint density at radius 1 is 1.31 bits per heavy atom. The third-order valence-corrected chi connectivity index (χ3v) is 2.43. The fourth-order valence-corrected chi connectivity index (χ4v) is 1.48. The predicted molar refractivity (Wildman–Crippen MR) is 60.7 cm³/mol. The molecule has 1 atom stereocenters. The molecule has 2 rings (SSSR count). The molecule has 2 heterocycles. The maximum Gasteiger partial charge on any atom is 0.0921 e. The van der Waals surface area contributed by atoms with Gasteiger partial charge in [0.05, 0.1) is 12.0 Å². The second-order valence-electron chi connectivity index (χ2n) is 3.63. The first-order chi connectivity index (χ1) is 7.86. The van der Waals surface area contributed by atoms with Crippen molar-refractivity contribution in [2.24, 2.45) is 0 Å². The Balaban J connectivity index is 1.78. The summed E-state index contributed by atoms with van der Waals surface area (Å²) in [6.45, 7) is 2.97. The van der Waals surface area contributed by atoms with E-state index in [1.807, 2.05) is 6.20 Å². The fraction of sp³-hybridized carbons (Fsp3) is 0.364. The molecule has 16 heavy (non-hydrogen) atoms. The van der Waals surface area contributed by atoms with Crippen molar-refractivity contribution in [2.45, 2.75) is 19.4 Å². The molecule has 84 valence electrons. The number of hydrogen-bond acceptors (Lipinski definition) is 4. The van der Waals surface area contributed by atoms with E-state index in [2.05, 4.69) is 32.2 Å². The first-order valence-corrected chi connectivity index (χ1v) is 5.33. The zero-order valence-corrected chi connectivity index (χ0v) is 9.22. The largest absolute Gasteiger partial charge is 0.348 e. The zero-order chi connectivity index (χ0) is 11.2. The van der Waals surface area contributed by atoms with Crippen LogP contribution < -0.4 is 5.32 Å². The number of H-pyrrole nitrogens is 1. The predicted octanol–water partition coefficient (Wildman–Crippen LogP) is 1.09. The van der Waals surface area contributed by atoms with Gasteiger partial charge in [-0.15, -0.1) is 0 Å². The van der Waals surface area contributed by atoms with Gasteiger partial charge in [0.25, 0.3) is 0 Å². The van der Waals surface area contributed by atoms with E-state index in [4.69, 9.17) is 0 Å². The standard InChI is InChI=1S/C11H15N5/c1-9(11-7-12-4-5-15-11)14-3-2-10-6-13-8-16-10/h4-9,14H,2-3H2,1H3,(H,13,16). The van der Waals surface area contributed by atoms with Crippen LogP contribution in [0, 0.1) is 0 Å². The molecule has 0 spiro atoms. The lowest BCUT2D eigenvalue weighted by Crippen LogP contribution is -2.22. The summed E-state index contributed by atoms with van der Waals surface area (Å²) in [5.74, 6) is 0. The molecule has 0 saturated heterocycles. The smallest absolute Gasteiger partial charge is 0.0921 e. The lowest BCUT2D eigenvalue weighted by atomic mass is 10.2. The van der Waals surface area contributed by atoms with Crippen LogP contribution in [0.25, 0.3) is 0 Å². The molecule has 1 unspecified atom stereocenters. The Morgan fingerprint density at radius 3 is 2.94 bits per heavy atom. The van der Waals surface area contributed by atoms with Crippen molar-refractivity contribution in [1.29, 1.82) is 0 Å². The molecule has 5 heteroatoms. The van der Waals surface area contributed by atoms with Gasteiger partial charge in [-0.2, -0.15) is 0 Å². The molecule has 0 amide bonds. The Hall–Kier alpha value is -1.75. The molecule has 0 radical (unpaired) electrons. The van der Waals surface area contributed by atoms with Crippen molar-refractivity contribution in [2.75, 3.05) is 6.54 Å². The number of rotatable bonds is 5. The molecule has 2 aromatic heterocycles. The second kappa shape index (κ2) is 5.37. The van der Waals surface area contributed by atoms with Crippen LogP contribution in [0.4, 0.5) is 0 Å². The van der Waals surface area contributed by atoms with Gasteiger partial charge in [-0.1, -0.05) is 0 Å². The van der Waals surface area contributed by atoms with E-state index in [9.17, 15) is 0 Å². The highest BCUT2D eigenvalue weighted by Crippen LogP contribution is 2.06. The Labute approximate surface area is 94.4 Å². The Bertz CT molecular complexity index is 398. The maximum atomic E-state index is 4.25. The van der Waals surface area contributed by atoms with E-state index in [-0.39, 0.29) is 6.04 Å². The number of aromatic nitrogens is 4. The summed E-state index contributed by atoms with van der Waals surface area (Å²) in [7, 11) is 0. The maximum absolute atomic E-state index is 4.25. The van der Waals surface area contributed by atoms with Crippen molar-refractivity contribution in [3.8, 4) is 0 Å². The van der Waals surface area contributed by atoms with E-state index in [1.54, 1.807) is 24.9 Å². The molecule has 5 nitrogen and oxygen atoms in total. The van der Waals surface area contributed by atoms with Gasteiger partial charge >= 0.3 is 0 Å². The van der Waals surface area contributed by atoms with E-state index in [1.165, 1.54) is 0 Å². The first-order valence-electron chi connectivity index (χ1n) is 5.33. The number of aromatic amines is 1. The molecule has 0 aliphatic rings. The SMILES string of the molecule is CC(NCCc1cnc[nH]1)c1cnccn1. The van der Waals surface area contributed by atoms with Crippen LogP contribution in [-0.4, -0.2) is 26.5 Å². The third-order valence-electron chi connectivity index (χ3n) is 2.43. The number of nitrogens with zero attached hydrogens (tertiary/aromatic N) is 3. The normalized spacial score (nSPS) is 12.6. The topological polar surface area (TPSA) is 66.5 Å². The highest BCUT2D eigenvalue weighted by Gasteiger charge is 2.05. The lowest BCUT2D eigenvalue weighted by molar-refractivity contribution is 0.560. The van der Waals surface area contributed by atoms with Crippen molar-refractivity contribution >= 4 is 0 Å². The molecular weight excluding hydrogens is 202 g/mol. The summed E-state index contributed by atoms with van der Waals surface area (Å²) in [5.41, 5.74) is 2.10. The highest BCUT2D eigenvalue weighted by atomic mass is 14.9. The second-order valence-corrected chi connectivity index (χ2v) is 3.63. The zero-order valence-electron chi connectivity index (χ0n) is 9.22. The van der Waals surface area contributed by atoms with Crippen LogP contribution in [0.5, 0.6) is 0 Å². The quantitative estimate of drug-likeness (QED) is 0.787. The van der Waals surface area contributed by atoms with E-state index < -0.39 is 0 Å². The molecule has 0 aliphatic carbocycles. The summed E-state index contributed by atoms with van der Waals surface area (Å²) in [5, 5.41) is 3.39. The Kier molecular flexibility index (Phi) is 3.61. The minimum Gasteiger partial charge on any atom is -0.348 e. The van der Waals surface area contributed by atoms with Crippen LogP contribution in [0.2, 0.25) is 0 Å². The van der Waals surface area contributed by atoms with Crippen molar-refractivity contribution in [3.63, 3.8) is 0 Å². The van der Waals surface area contributed by atoms with Gasteiger partial charge in [0.2, 0.25) is 0 Å². The van der Waals surface area contributed by atoms with Crippen LogP contribution in [0.1, 0.15) is 24.4 Å².